The lowest BCUT2D eigenvalue weighted by molar-refractivity contribution is 0.580. The normalized spacial score (nSPS) is 11.5. The molecule has 0 amide bonds. The molecular weight excluding hydrogens is 352 g/mol. The van der Waals surface area contributed by atoms with Gasteiger partial charge in [0.05, 0.1) is 22.8 Å². The van der Waals surface area contributed by atoms with Crippen molar-refractivity contribution in [1.82, 2.24) is 24.5 Å². The van der Waals surface area contributed by atoms with Gasteiger partial charge in [-0.25, -0.2) is 27.8 Å². The van der Waals surface area contributed by atoms with Gasteiger partial charge in [0.1, 0.15) is 0 Å². The molecule has 0 atom stereocenters. The Labute approximate surface area is 152 Å². The van der Waals surface area contributed by atoms with Crippen LogP contribution in [0.4, 0.5) is 5.95 Å². The van der Waals surface area contributed by atoms with Gasteiger partial charge in [-0.15, -0.1) is 0 Å². The maximum atomic E-state index is 12.5. The van der Waals surface area contributed by atoms with E-state index in [1.807, 2.05) is 21.0 Å². The summed E-state index contributed by atoms with van der Waals surface area (Å²) in [6.45, 7) is 1.94. The van der Waals surface area contributed by atoms with Gasteiger partial charge in [0.25, 0.3) is 0 Å². The van der Waals surface area contributed by atoms with E-state index in [4.69, 9.17) is 0 Å². The first-order chi connectivity index (χ1) is 12.3. The smallest absolute Gasteiger partial charge is 0.240 e. The predicted octanol–water partition coefficient (Wildman–Crippen LogP) is 1.52. The number of hydrogen-bond donors (Lipinski definition) is 1. The summed E-state index contributed by atoms with van der Waals surface area (Å²) in [6, 6.07) is 10.1. The van der Waals surface area contributed by atoms with Crippen molar-refractivity contribution >= 4 is 16.0 Å². The molecule has 3 aromatic rings. The van der Waals surface area contributed by atoms with E-state index >= 15 is 0 Å². The molecule has 0 unspecified atom stereocenters. The lowest BCUT2D eigenvalue weighted by atomic mass is 10.3. The van der Waals surface area contributed by atoms with Crippen molar-refractivity contribution in [2.24, 2.45) is 0 Å². The summed E-state index contributed by atoms with van der Waals surface area (Å²) >= 11 is 0. The molecule has 1 aromatic carbocycles. The zero-order chi connectivity index (χ0) is 18.7. The minimum absolute atomic E-state index is 0.0907. The molecule has 2 heterocycles. The van der Waals surface area contributed by atoms with Crippen molar-refractivity contribution in [1.29, 1.82) is 0 Å². The Hall–Kier alpha value is -2.78. The summed E-state index contributed by atoms with van der Waals surface area (Å²) in [7, 11) is 0.0307. The number of hydrogen-bond acceptors (Lipinski definition) is 6. The predicted molar refractivity (Wildman–Crippen MR) is 98.7 cm³/mol. The first-order valence-corrected chi connectivity index (χ1v) is 9.45. The first-order valence-electron chi connectivity index (χ1n) is 7.97. The highest BCUT2D eigenvalue weighted by Gasteiger charge is 2.15. The second kappa shape index (κ2) is 7.22. The third kappa shape index (κ3) is 4.06. The number of benzene rings is 1. The molecule has 0 saturated heterocycles. The number of sulfonamides is 1. The highest BCUT2D eigenvalue weighted by molar-refractivity contribution is 7.89. The molecule has 8 nitrogen and oxygen atoms in total. The van der Waals surface area contributed by atoms with Crippen LogP contribution >= 0.6 is 0 Å². The van der Waals surface area contributed by atoms with Gasteiger partial charge in [-0.2, -0.15) is 5.10 Å². The van der Waals surface area contributed by atoms with E-state index in [2.05, 4.69) is 19.8 Å². The fourth-order valence-corrected chi connectivity index (χ4v) is 3.36. The first kappa shape index (κ1) is 18.0. The molecule has 0 bridgehead atoms. The van der Waals surface area contributed by atoms with Crippen LogP contribution in [0, 0.1) is 6.92 Å². The fourth-order valence-electron chi connectivity index (χ4n) is 2.36. The Morgan fingerprint density at radius 3 is 2.50 bits per heavy atom. The SMILES string of the molecule is Cc1cc(CNS(=O)(=O)c2ccc(-n3cccn3)cc2)nc(N(C)C)n1. The van der Waals surface area contributed by atoms with Crippen LogP contribution in [0.25, 0.3) is 5.69 Å². The maximum Gasteiger partial charge on any atom is 0.240 e. The Morgan fingerprint density at radius 2 is 1.88 bits per heavy atom. The number of anilines is 1. The van der Waals surface area contributed by atoms with Crippen LogP contribution in [0.5, 0.6) is 0 Å². The Kier molecular flexibility index (Phi) is 5.01. The van der Waals surface area contributed by atoms with Gasteiger partial charge in [-0.1, -0.05) is 0 Å². The van der Waals surface area contributed by atoms with Crippen molar-refractivity contribution in [3.8, 4) is 5.69 Å². The molecule has 0 aliphatic rings. The molecule has 0 spiro atoms. The summed E-state index contributed by atoms with van der Waals surface area (Å²) in [4.78, 5) is 10.6. The van der Waals surface area contributed by atoms with Crippen LogP contribution < -0.4 is 9.62 Å². The van der Waals surface area contributed by atoms with Crippen molar-refractivity contribution < 1.29 is 8.42 Å². The quantitative estimate of drug-likeness (QED) is 0.705. The van der Waals surface area contributed by atoms with Crippen LogP contribution in [0.3, 0.4) is 0 Å². The molecule has 9 heteroatoms. The number of aromatic nitrogens is 4. The fraction of sp³-hybridized carbons (Fsp3) is 0.235. The maximum absolute atomic E-state index is 12.5. The molecular formula is C17H20N6O2S. The molecule has 0 fully saturated rings. The Balaban J connectivity index is 1.75. The monoisotopic (exact) mass is 372 g/mol. The highest BCUT2D eigenvalue weighted by Crippen LogP contribution is 2.14. The average molecular weight is 372 g/mol. The summed E-state index contributed by atoms with van der Waals surface area (Å²) < 4.78 is 29.3. The summed E-state index contributed by atoms with van der Waals surface area (Å²) in [5.74, 6) is 0.544. The van der Waals surface area contributed by atoms with Crippen LogP contribution in [-0.4, -0.2) is 42.3 Å². The van der Waals surface area contributed by atoms with E-state index in [0.717, 1.165) is 11.4 Å². The number of aryl methyl sites for hydroxylation is 1. The van der Waals surface area contributed by atoms with E-state index in [1.54, 1.807) is 58.4 Å². The molecule has 136 valence electrons. The second-order valence-corrected chi connectivity index (χ2v) is 7.73. The zero-order valence-corrected chi connectivity index (χ0v) is 15.6. The molecule has 0 aliphatic heterocycles. The molecule has 1 N–H and O–H groups in total. The highest BCUT2D eigenvalue weighted by atomic mass is 32.2. The van der Waals surface area contributed by atoms with Gasteiger partial charge in [-0.05, 0) is 43.3 Å². The van der Waals surface area contributed by atoms with E-state index in [0.29, 0.717) is 11.6 Å². The van der Waals surface area contributed by atoms with Crippen LogP contribution in [-0.2, 0) is 16.6 Å². The zero-order valence-electron chi connectivity index (χ0n) is 14.8. The minimum atomic E-state index is -3.64. The van der Waals surface area contributed by atoms with Gasteiger partial charge in [0.15, 0.2) is 0 Å². The van der Waals surface area contributed by atoms with E-state index in [-0.39, 0.29) is 11.4 Å². The number of nitrogens with one attached hydrogen (secondary N) is 1. The molecule has 2 aromatic heterocycles. The van der Waals surface area contributed by atoms with E-state index in [1.165, 1.54) is 0 Å². The van der Waals surface area contributed by atoms with Gasteiger partial charge in [-0.3, -0.25) is 0 Å². The van der Waals surface area contributed by atoms with Crippen LogP contribution in [0.2, 0.25) is 0 Å². The lowest BCUT2D eigenvalue weighted by Gasteiger charge is -2.13. The Morgan fingerprint density at radius 1 is 1.15 bits per heavy atom. The van der Waals surface area contributed by atoms with Gasteiger partial charge in [0, 0.05) is 32.2 Å². The molecule has 3 rings (SSSR count). The van der Waals surface area contributed by atoms with Crippen molar-refractivity contribution in [2.45, 2.75) is 18.4 Å². The van der Waals surface area contributed by atoms with Crippen LogP contribution in [0.15, 0.2) is 53.7 Å². The molecule has 0 saturated carbocycles. The second-order valence-electron chi connectivity index (χ2n) is 5.96. The third-order valence-electron chi connectivity index (χ3n) is 3.65. The van der Waals surface area contributed by atoms with Crippen molar-refractivity contribution in [3.05, 3.63) is 60.2 Å². The van der Waals surface area contributed by atoms with Crippen molar-refractivity contribution in [3.63, 3.8) is 0 Å². The van der Waals surface area contributed by atoms with E-state index < -0.39 is 10.0 Å². The number of nitrogens with zero attached hydrogens (tertiary/aromatic N) is 5. The van der Waals surface area contributed by atoms with Crippen LogP contribution in [0.1, 0.15) is 11.4 Å². The summed E-state index contributed by atoms with van der Waals surface area (Å²) in [5, 5.41) is 4.12. The standard InChI is InChI=1S/C17H20N6O2S/c1-13-11-14(21-17(20-13)22(2)3)12-19-26(24,25)16-7-5-15(6-8-16)23-10-4-9-18-23/h4-11,19H,12H2,1-3H3. The average Bonchev–Trinajstić information content (AvgIpc) is 3.14. The minimum Gasteiger partial charge on any atom is -0.347 e. The van der Waals surface area contributed by atoms with Crippen molar-refractivity contribution in [2.75, 3.05) is 19.0 Å². The summed E-state index contributed by atoms with van der Waals surface area (Å²) in [5.41, 5.74) is 2.18. The van der Waals surface area contributed by atoms with Gasteiger partial charge < -0.3 is 4.90 Å². The number of rotatable bonds is 6. The third-order valence-corrected chi connectivity index (χ3v) is 5.07. The molecule has 0 radical (unpaired) electrons. The van der Waals surface area contributed by atoms with Gasteiger partial charge >= 0.3 is 0 Å². The molecule has 0 aliphatic carbocycles. The van der Waals surface area contributed by atoms with E-state index in [9.17, 15) is 8.42 Å². The van der Waals surface area contributed by atoms with Gasteiger partial charge in [0.2, 0.25) is 16.0 Å². The lowest BCUT2D eigenvalue weighted by Crippen LogP contribution is -2.24. The molecule has 26 heavy (non-hydrogen) atoms. The largest absolute Gasteiger partial charge is 0.347 e. The Bertz CT molecular complexity index is 983. The topological polar surface area (TPSA) is 93.0 Å². The summed E-state index contributed by atoms with van der Waals surface area (Å²) in [6.07, 6.45) is 3.46.